The minimum absolute atomic E-state index is 0.348. The summed E-state index contributed by atoms with van der Waals surface area (Å²) in [6, 6.07) is 11.1. The Bertz CT molecular complexity index is 1100. The van der Waals surface area contributed by atoms with Crippen molar-refractivity contribution in [3.8, 4) is 11.3 Å². The Balaban J connectivity index is 1.49. The molecule has 0 bridgehead atoms. The van der Waals surface area contributed by atoms with Crippen LogP contribution >= 0.6 is 0 Å². The van der Waals surface area contributed by atoms with Gasteiger partial charge in [-0.15, -0.1) is 5.10 Å². The molecule has 1 fully saturated rings. The van der Waals surface area contributed by atoms with E-state index in [1.165, 1.54) is 0 Å². The van der Waals surface area contributed by atoms with Crippen LogP contribution in [0.25, 0.3) is 27.8 Å². The zero-order valence-corrected chi connectivity index (χ0v) is 15.3. The van der Waals surface area contributed by atoms with Crippen LogP contribution in [0.15, 0.2) is 42.7 Å². The van der Waals surface area contributed by atoms with E-state index in [1.54, 1.807) is 0 Å². The number of anilines is 1. The second kappa shape index (κ2) is 6.35. The lowest BCUT2D eigenvalue weighted by atomic mass is 9.92. The Morgan fingerprint density at radius 1 is 1.07 bits per heavy atom. The number of hydrogen-bond donors (Lipinski definition) is 2. The number of nitrogens with two attached hydrogens (primary N) is 1. The van der Waals surface area contributed by atoms with E-state index in [1.807, 2.05) is 40.8 Å². The van der Waals surface area contributed by atoms with Gasteiger partial charge in [0.05, 0.1) is 23.6 Å². The lowest BCUT2D eigenvalue weighted by Crippen LogP contribution is -2.33. The van der Waals surface area contributed by atoms with Crippen LogP contribution in [0, 0.1) is 0 Å². The van der Waals surface area contributed by atoms with Crippen LogP contribution in [0.3, 0.4) is 0 Å². The molecular weight excluding hydrogens is 338 g/mol. The molecule has 7 heteroatoms. The molecule has 0 aliphatic heterocycles. The van der Waals surface area contributed by atoms with Gasteiger partial charge in [0.1, 0.15) is 5.82 Å². The molecule has 3 aromatic heterocycles. The topological polar surface area (TPSA) is 86.1 Å². The SMILES string of the molecule is Cn1ncc2cc(-c3cnc4ccc(NC5CCC(N)CC5)nn34)ccc21. The summed E-state index contributed by atoms with van der Waals surface area (Å²) in [5, 5.41) is 13.8. The van der Waals surface area contributed by atoms with Crippen LogP contribution in [0.1, 0.15) is 25.7 Å². The van der Waals surface area contributed by atoms with Crippen LogP contribution < -0.4 is 11.1 Å². The molecule has 1 aliphatic carbocycles. The standard InChI is InChI=1S/C20H23N7/c1-26-17-7-2-13(10-14(17)11-23-26)18-12-22-20-9-8-19(25-27(18)20)24-16-5-3-15(21)4-6-16/h2,7-12,15-16H,3-6,21H2,1H3,(H,24,25). The molecule has 4 aromatic rings. The zero-order valence-electron chi connectivity index (χ0n) is 15.3. The Morgan fingerprint density at radius 3 is 2.78 bits per heavy atom. The molecule has 1 aliphatic rings. The first-order chi connectivity index (χ1) is 13.2. The normalized spacial score (nSPS) is 20.4. The van der Waals surface area contributed by atoms with Gasteiger partial charge >= 0.3 is 0 Å². The average molecular weight is 361 g/mol. The molecular formula is C20H23N7. The third kappa shape index (κ3) is 2.94. The molecule has 3 N–H and O–H groups in total. The third-order valence-electron chi connectivity index (χ3n) is 5.53. The minimum atomic E-state index is 0.348. The third-order valence-corrected chi connectivity index (χ3v) is 5.53. The fourth-order valence-electron chi connectivity index (χ4n) is 3.94. The fraction of sp³-hybridized carbons (Fsp3) is 0.350. The first-order valence-corrected chi connectivity index (χ1v) is 9.46. The van der Waals surface area contributed by atoms with Crippen molar-refractivity contribution in [3.63, 3.8) is 0 Å². The fourth-order valence-corrected chi connectivity index (χ4v) is 3.94. The van der Waals surface area contributed by atoms with Gasteiger partial charge in [0.25, 0.3) is 0 Å². The number of rotatable bonds is 3. The van der Waals surface area contributed by atoms with Gasteiger partial charge < -0.3 is 11.1 Å². The first-order valence-electron chi connectivity index (χ1n) is 9.46. The van der Waals surface area contributed by atoms with Crippen molar-refractivity contribution in [1.82, 2.24) is 24.4 Å². The maximum Gasteiger partial charge on any atom is 0.154 e. The van der Waals surface area contributed by atoms with Crippen molar-refractivity contribution in [2.24, 2.45) is 12.8 Å². The number of aromatic nitrogens is 5. The van der Waals surface area contributed by atoms with Gasteiger partial charge in [-0.25, -0.2) is 9.50 Å². The second-order valence-electron chi connectivity index (χ2n) is 7.43. The quantitative estimate of drug-likeness (QED) is 0.586. The summed E-state index contributed by atoms with van der Waals surface area (Å²) in [5.41, 5.74) is 10.0. The van der Waals surface area contributed by atoms with Gasteiger partial charge in [-0.05, 0) is 49.9 Å². The Morgan fingerprint density at radius 2 is 1.93 bits per heavy atom. The maximum atomic E-state index is 6.01. The average Bonchev–Trinajstić information content (AvgIpc) is 3.27. The summed E-state index contributed by atoms with van der Waals surface area (Å²) < 4.78 is 3.79. The predicted molar refractivity (Wildman–Crippen MR) is 107 cm³/mol. The van der Waals surface area contributed by atoms with E-state index in [2.05, 4.69) is 33.6 Å². The number of hydrogen-bond acceptors (Lipinski definition) is 5. The van der Waals surface area contributed by atoms with Crippen LogP contribution in [-0.4, -0.2) is 36.5 Å². The molecule has 5 rings (SSSR count). The Labute approximate surface area is 157 Å². The summed E-state index contributed by atoms with van der Waals surface area (Å²) >= 11 is 0. The van der Waals surface area contributed by atoms with E-state index in [0.29, 0.717) is 12.1 Å². The number of benzene rings is 1. The van der Waals surface area contributed by atoms with Crippen molar-refractivity contribution in [1.29, 1.82) is 0 Å². The molecule has 0 saturated heterocycles. The smallest absolute Gasteiger partial charge is 0.154 e. The summed E-state index contributed by atoms with van der Waals surface area (Å²) in [6.45, 7) is 0. The molecule has 0 spiro atoms. The van der Waals surface area contributed by atoms with E-state index >= 15 is 0 Å². The van der Waals surface area contributed by atoms with E-state index in [4.69, 9.17) is 10.8 Å². The molecule has 1 aromatic carbocycles. The summed E-state index contributed by atoms with van der Waals surface area (Å²) in [5.74, 6) is 0.879. The number of nitrogens with zero attached hydrogens (tertiary/aromatic N) is 5. The second-order valence-corrected chi connectivity index (χ2v) is 7.43. The number of nitrogens with one attached hydrogen (secondary N) is 1. The van der Waals surface area contributed by atoms with Gasteiger partial charge in [-0.1, -0.05) is 6.07 Å². The lowest BCUT2D eigenvalue weighted by molar-refractivity contribution is 0.410. The lowest BCUT2D eigenvalue weighted by Gasteiger charge is -2.27. The molecule has 0 amide bonds. The summed E-state index contributed by atoms with van der Waals surface area (Å²) in [6.07, 6.45) is 8.09. The van der Waals surface area contributed by atoms with Gasteiger partial charge in [0, 0.05) is 30.1 Å². The highest BCUT2D eigenvalue weighted by atomic mass is 15.3. The minimum Gasteiger partial charge on any atom is -0.366 e. The highest BCUT2D eigenvalue weighted by Gasteiger charge is 2.19. The first kappa shape index (κ1) is 16.3. The van der Waals surface area contributed by atoms with E-state index in [-0.39, 0.29) is 0 Å². The van der Waals surface area contributed by atoms with Gasteiger partial charge in [-0.2, -0.15) is 5.10 Å². The van der Waals surface area contributed by atoms with Crippen molar-refractivity contribution in [2.75, 3.05) is 5.32 Å². The number of fused-ring (bicyclic) bond motifs is 2. The molecule has 0 unspecified atom stereocenters. The zero-order chi connectivity index (χ0) is 18.4. The monoisotopic (exact) mass is 361 g/mol. The maximum absolute atomic E-state index is 6.01. The Hall–Kier alpha value is -2.93. The van der Waals surface area contributed by atoms with Gasteiger partial charge in [0.15, 0.2) is 5.65 Å². The van der Waals surface area contributed by atoms with Gasteiger partial charge in [0.2, 0.25) is 0 Å². The van der Waals surface area contributed by atoms with E-state index in [0.717, 1.165) is 59.3 Å². The van der Waals surface area contributed by atoms with Crippen molar-refractivity contribution < 1.29 is 0 Å². The summed E-state index contributed by atoms with van der Waals surface area (Å²) in [4.78, 5) is 4.51. The van der Waals surface area contributed by atoms with Crippen molar-refractivity contribution in [3.05, 3.63) is 42.7 Å². The van der Waals surface area contributed by atoms with Crippen LogP contribution in [0.4, 0.5) is 5.82 Å². The van der Waals surface area contributed by atoms with Crippen LogP contribution in [0.2, 0.25) is 0 Å². The van der Waals surface area contributed by atoms with Gasteiger partial charge in [-0.3, -0.25) is 4.68 Å². The number of imidazole rings is 1. The molecule has 0 atom stereocenters. The molecule has 27 heavy (non-hydrogen) atoms. The highest BCUT2D eigenvalue weighted by molar-refractivity contribution is 5.84. The molecule has 1 saturated carbocycles. The number of aryl methyl sites for hydroxylation is 1. The summed E-state index contributed by atoms with van der Waals surface area (Å²) in [7, 11) is 1.95. The highest BCUT2D eigenvalue weighted by Crippen LogP contribution is 2.26. The Kier molecular flexibility index (Phi) is 3.82. The van der Waals surface area contributed by atoms with Crippen molar-refractivity contribution in [2.45, 2.75) is 37.8 Å². The molecule has 7 nitrogen and oxygen atoms in total. The van der Waals surface area contributed by atoms with Crippen molar-refractivity contribution >= 4 is 22.4 Å². The van der Waals surface area contributed by atoms with Crippen LogP contribution in [-0.2, 0) is 7.05 Å². The largest absolute Gasteiger partial charge is 0.366 e. The molecule has 0 radical (unpaired) electrons. The van der Waals surface area contributed by atoms with E-state index < -0.39 is 0 Å². The molecule has 138 valence electrons. The molecule has 3 heterocycles. The van der Waals surface area contributed by atoms with Crippen LogP contribution in [0.5, 0.6) is 0 Å². The predicted octanol–water partition coefficient (Wildman–Crippen LogP) is 2.96. The van der Waals surface area contributed by atoms with E-state index in [9.17, 15) is 0 Å².